The zero-order chi connectivity index (χ0) is 34.2. The molecule has 2 N–H and O–H groups in total. The van der Waals surface area contributed by atoms with E-state index in [9.17, 15) is 20.1 Å². The highest BCUT2D eigenvalue weighted by Crippen LogP contribution is 2.35. The second-order valence-corrected chi connectivity index (χ2v) is 17.8. The van der Waals surface area contributed by atoms with E-state index in [4.69, 9.17) is 13.3 Å². The predicted molar refractivity (Wildman–Crippen MR) is 191 cm³/mol. The van der Waals surface area contributed by atoms with Gasteiger partial charge in [-0.25, -0.2) is 0 Å². The normalized spacial score (nSPS) is 25.6. The van der Waals surface area contributed by atoms with Crippen LogP contribution in [-0.2, 0) is 18.1 Å². The lowest BCUT2D eigenvalue weighted by Crippen LogP contribution is -2.71. The number of fused-ring (bicyclic) bond motifs is 2. The first-order valence-electron chi connectivity index (χ1n) is 20.2. The first-order valence-corrected chi connectivity index (χ1v) is 22.1. The summed E-state index contributed by atoms with van der Waals surface area (Å²) in [6.45, 7) is 7.79. The molecule has 0 aliphatic carbocycles. The molecule has 8 nitrogen and oxygen atoms in total. The first-order chi connectivity index (χ1) is 22.8. The molecule has 47 heavy (non-hydrogen) atoms. The molecule has 2 bridgehead atoms. The molecule has 6 atom stereocenters. The predicted octanol–water partition coefficient (Wildman–Crippen LogP) is 7.45. The monoisotopic (exact) mass is 686 g/mol. The molecule has 2 heterocycles. The van der Waals surface area contributed by atoms with Gasteiger partial charge < -0.3 is 37.9 Å². The molecule has 9 heteroatoms. The topological polar surface area (TPSA) is 108 Å². The second kappa shape index (κ2) is 25.4. The molecule has 2 rings (SSSR count). The lowest BCUT2D eigenvalue weighted by Gasteiger charge is -2.49. The summed E-state index contributed by atoms with van der Waals surface area (Å²) in [5.41, 5.74) is 0. The third-order valence-electron chi connectivity index (χ3n) is 10.6. The first kappa shape index (κ1) is 42.6. The standard InChI is InChI=1S/C38H75NO7Si/c1-4-6-8-10-12-14-15-16-17-18-19-20-21-23-25-27-30-39(3,29-26-24-22-13-11-9-7-5-2)31-28-32-47-44-33-34(40)36(45-47)35(41)37(46-47)38(42)43/h34-37,40-41H,4-33H2,1-3H3/t34-,35+,36-,37-,39?,47?/m1/s1. The van der Waals surface area contributed by atoms with Crippen molar-refractivity contribution in [3.63, 3.8) is 0 Å². The van der Waals surface area contributed by atoms with E-state index in [-0.39, 0.29) is 6.61 Å². The Bertz CT molecular complexity index is 791. The maximum atomic E-state index is 11.7. The number of carbonyl (C=O) groups is 1. The lowest BCUT2D eigenvalue weighted by molar-refractivity contribution is -0.910. The fourth-order valence-electron chi connectivity index (χ4n) is 7.48. The van der Waals surface area contributed by atoms with Gasteiger partial charge in [-0.05, 0) is 25.7 Å². The van der Waals surface area contributed by atoms with Gasteiger partial charge in [0.15, 0.2) is 0 Å². The number of nitrogens with zero attached hydrogens (tertiary/aromatic N) is 1. The fraction of sp³-hybridized carbons (Fsp3) is 0.974. The molecular formula is C38H75NO7Si. The number of hydrogen-bond acceptors (Lipinski definition) is 7. The minimum Gasteiger partial charge on any atom is -0.547 e. The van der Waals surface area contributed by atoms with E-state index >= 15 is 0 Å². The summed E-state index contributed by atoms with van der Waals surface area (Å²) in [5.74, 6) is -1.49. The molecule has 0 aromatic heterocycles. The minimum atomic E-state index is -3.33. The Kier molecular flexibility index (Phi) is 23.0. The molecule has 0 aromatic rings. The summed E-state index contributed by atoms with van der Waals surface area (Å²) in [7, 11) is -0.958. The fourth-order valence-corrected chi connectivity index (χ4v) is 10.4. The van der Waals surface area contributed by atoms with Gasteiger partial charge in [0.1, 0.15) is 24.4 Å². The quantitative estimate of drug-likeness (QED) is 0.0443. The molecule has 0 amide bonds. The molecule has 2 unspecified atom stereocenters. The summed E-state index contributed by atoms with van der Waals surface area (Å²) in [6.07, 6.45) is 28.2. The average Bonchev–Trinajstić information content (AvgIpc) is 3.05. The van der Waals surface area contributed by atoms with Gasteiger partial charge in [0, 0.05) is 12.5 Å². The van der Waals surface area contributed by atoms with Crippen molar-refractivity contribution in [2.75, 3.05) is 33.3 Å². The van der Waals surface area contributed by atoms with Gasteiger partial charge in [-0.1, -0.05) is 142 Å². The number of aliphatic hydroxyl groups excluding tert-OH is 2. The van der Waals surface area contributed by atoms with Crippen molar-refractivity contribution in [1.82, 2.24) is 0 Å². The van der Waals surface area contributed by atoms with Crippen LogP contribution in [-0.4, -0.2) is 87.2 Å². The Morgan fingerprint density at radius 1 is 0.638 bits per heavy atom. The van der Waals surface area contributed by atoms with Crippen molar-refractivity contribution >= 4 is 14.8 Å². The Hall–Kier alpha value is -0.553. The van der Waals surface area contributed by atoms with Crippen LogP contribution in [0.25, 0.3) is 0 Å². The van der Waals surface area contributed by atoms with Crippen molar-refractivity contribution in [1.29, 1.82) is 0 Å². The molecule has 0 saturated carbocycles. The Morgan fingerprint density at radius 3 is 1.43 bits per heavy atom. The van der Waals surface area contributed by atoms with Gasteiger partial charge in [0.05, 0.1) is 39.3 Å². The number of carboxylic acids is 1. The third-order valence-corrected chi connectivity index (χ3v) is 13.5. The van der Waals surface area contributed by atoms with E-state index in [0.29, 0.717) is 6.04 Å². The van der Waals surface area contributed by atoms with Crippen LogP contribution in [0.4, 0.5) is 0 Å². The van der Waals surface area contributed by atoms with E-state index < -0.39 is 39.2 Å². The van der Waals surface area contributed by atoms with Crippen LogP contribution in [0.3, 0.4) is 0 Å². The van der Waals surface area contributed by atoms with Gasteiger partial charge in [-0.2, -0.15) is 0 Å². The number of carboxylic acid groups (broad SMARTS) is 1. The molecule has 2 aliphatic rings. The van der Waals surface area contributed by atoms with Gasteiger partial charge in [-0.15, -0.1) is 0 Å². The SMILES string of the molecule is CCCCCCCCCCCCCCCCCC[N+](C)(CCCCCCCCCC)CCC[Si]12OC[C@@H](O)[C@@H](O1)[C@H](O)[C@H](C(=O)[O-])O2. The van der Waals surface area contributed by atoms with Crippen molar-refractivity contribution in [3.05, 3.63) is 0 Å². The highest BCUT2D eigenvalue weighted by atomic mass is 28.4. The molecule has 2 fully saturated rings. The van der Waals surface area contributed by atoms with Crippen molar-refractivity contribution < 1.29 is 37.9 Å². The van der Waals surface area contributed by atoms with Crippen molar-refractivity contribution in [3.8, 4) is 0 Å². The van der Waals surface area contributed by atoms with Crippen LogP contribution in [0.1, 0.15) is 174 Å². The number of rotatable bonds is 31. The van der Waals surface area contributed by atoms with Crippen molar-refractivity contribution in [2.45, 2.75) is 205 Å². The number of carbonyl (C=O) groups excluding carboxylic acids is 1. The molecular weight excluding hydrogens is 611 g/mol. The number of quaternary nitrogens is 1. The highest BCUT2D eigenvalue weighted by Gasteiger charge is 2.58. The van der Waals surface area contributed by atoms with Gasteiger partial charge in [0.2, 0.25) is 0 Å². The van der Waals surface area contributed by atoms with E-state index in [1.807, 2.05) is 0 Å². The van der Waals surface area contributed by atoms with Crippen LogP contribution in [0.5, 0.6) is 0 Å². The lowest BCUT2D eigenvalue weighted by atomic mass is 10.0. The number of unbranched alkanes of at least 4 members (excludes halogenated alkanes) is 22. The van der Waals surface area contributed by atoms with Crippen LogP contribution >= 0.6 is 0 Å². The van der Waals surface area contributed by atoms with E-state index in [1.54, 1.807) is 0 Å². The zero-order valence-corrected chi connectivity index (χ0v) is 31.9. The molecule has 2 saturated heterocycles. The van der Waals surface area contributed by atoms with Gasteiger partial charge in [-0.3, -0.25) is 0 Å². The van der Waals surface area contributed by atoms with E-state index in [1.165, 1.54) is 154 Å². The summed E-state index contributed by atoms with van der Waals surface area (Å²) in [4.78, 5) is 11.7. The molecule has 278 valence electrons. The Morgan fingerprint density at radius 2 is 1.02 bits per heavy atom. The largest absolute Gasteiger partial charge is 0.547 e. The maximum absolute atomic E-state index is 11.7. The van der Waals surface area contributed by atoms with Crippen molar-refractivity contribution in [2.24, 2.45) is 0 Å². The van der Waals surface area contributed by atoms with Gasteiger partial charge >= 0.3 is 8.80 Å². The van der Waals surface area contributed by atoms with Crippen LogP contribution < -0.4 is 5.11 Å². The summed E-state index contributed by atoms with van der Waals surface area (Å²) in [6, 6.07) is 0.483. The average molecular weight is 686 g/mol. The smallest absolute Gasteiger partial charge is 0.502 e. The summed E-state index contributed by atoms with van der Waals surface area (Å²) >= 11 is 0. The zero-order valence-electron chi connectivity index (χ0n) is 30.9. The van der Waals surface area contributed by atoms with Crippen LogP contribution in [0, 0.1) is 0 Å². The molecule has 0 radical (unpaired) electrons. The highest BCUT2D eigenvalue weighted by molar-refractivity contribution is 6.61. The number of hydrogen-bond donors (Lipinski definition) is 2. The number of aliphatic hydroxyl groups is 2. The number of aliphatic carboxylic acids is 1. The van der Waals surface area contributed by atoms with E-state index in [2.05, 4.69) is 20.9 Å². The molecule has 2 aliphatic heterocycles. The van der Waals surface area contributed by atoms with Gasteiger partial charge in [0.25, 0.3) is 0 Å². The van der Waals surface area contributed by atoms with E-state index in [0.717, 1.165) is 30.5 Å². The Balaban J connectivity index is 1.70. The minimum absolute atomic E-state index is 0.00269. The summed E-state index contributed by atoms with van der Waals surface area (Å²) in [5, 5.41) is 32.3. The molecule has 0 spiro atoms. The molecule has 0 aromatic carbocycles. The maximum Gasteiger partial charge on any atom is 0.502 e. The summed E-state index contributed by atoms with van der Waals surface area (Å²) < 4.78 is 18.6. The van der Waals surface area contributed by atoms with Crippen LogP contribution in [0.2, 0.25) is 6.04 Å². The third kappa shape index (κ3) is 17.8. The van der Waals surface area contributed by atoms with Crippen LogP contribution in [0.15, 0.2) is 0 Å². The Labute approximate surface area is 290 Å². The second-order valence-electron chi connectivity index (χ2n) is 15.2.